The SMILES string of the molecule is CCc1ccc2c(c1)N1c3cc(CC)ccc3P(=S)(N(CC)CC)c3cccc(c31)P2(C)=S. The third-order valence-corrected chi connectivity index (χ3v) is 16.3. The second kappa shape index (κ2) is 8.43. The van der Waals surface area contributed by atoms with Crippen molar-refractivity contribution < 1.29 is 0 Å². The van der Waals surface area contributed by atoms with Gasteiger partial charge in [0.05, 0.1) is 23.3 Å². The summed E-state index contributed by atoms with van der Waals surface area (Å²) in [5.74, 6) is 0. The normalized spacial score (nSPS) is 22.7. The molecule has 3 aromatic rings. The van der Waals surface area contributed by atoms with Crippen molar-refractivity contribution in [2.75, 3.05) is 24.7 Å². The van der Waals surface area contributed by atoms with Gasteiger partial charge in [-0.25, -0.2) is 0 Å². The molecular formula is C27H32N2P2S2. The van der Waals surface area contributed by atoms with Crippen LogP contribution in [0.5, 0.6) is 0 Å². The van der Waals surface area contributed by atoms with Crippen LogP contribution in [0.2, 0.25) is 0 Å². The van der Waals surface area contributed by atoms with E-state index in [0.29, 0.717) is 0 Å². The van der Waals surface area contributed by atoms with E-state index in [9.17, 15) is 0 Å². The van der Waals surface area contributed by atoms with Crippen molar-refractivity contribution in [2.45, 2.75) is 40.5 Å². The molecule has 2 heterocycles. The standard InChI is InChI=1S/C27H32N2P2S2/c1-6-19-13-15-23-21(17-19)29-22-18-20(7-2)14-16-24(22)31(33,28(8-3)9-4)26-12-10-11-25(27(26)29)30(23,5)32/h10-18H,6-9H2,1-5H3. The lowest BCUT2D eigenvalue weighted by Crippen LogP contribution is -2.45. The molecule has 2 nitrogen and oxygen atoms in total. The lowest BCUT2D eigenvalue weighted by atomic mass is 10.1. The van der Waals surface area contributed by atoms with Gasteiger partial charge in [0.15, 0.2) is 0 Å². The minimum absolute atomic E-state index is 0.948. The zero-order valence-corrected chi connectivity index (χ0v) is 23.6. The maximum Gasteiger partial charge on any atom is 0.0751 e. The second-order valence-corrected chi connectivity index (χ2v) is 18.2. The third kappa shape index (κ3) is 3.22. The highest BCUT2D eigenvalue weighted by Crippen LogP contribution is 2.61. The van der Waals surface area contributed by atoms with Crippen molar-refractivity contribution in [2.24, 2.45) is 0 Å². The molecule has 33 heavy (non-hydrogen) atoms. The number of fused-ring (bicyclic) bond motifs is 4. The highest BCUT2D eigenvalue weighted by molar-refractivity contribution is 8.22. The Labute approximate surface area is 209 Å². The maximum absolute atomic E-state index is 6.76. The first-order valence-corrected chi connectivity index (χ1v) is 18.0. The summed E-state index contributed by atoms with van der Waals surface area (Å²) in [4.78, 5) is 2.52. The first-order valence-electron chi connectivity index (χ1n) is 12.0. The van der Waals surface area contributed by atoms with E-state index in [1.807, 2.05) is 0 Å². The highest BCUT2D eigenvalue weighted by atomic mass is 32.4. The van der Waals surface area contributed by atoms with Crippen LogP contribution in [0.3, 0.4) is 0 Å². The summed E-state index contributed by atoms with van der Waals surface area (Å²) in [6.45, 7) is 13.1. The summed E-state index contributed by atoms with van der Waals surface area (Å²) < 4.78 is 2.54. The molecular weight excluding hydrogens is 478 g/mol. The molecule has 0 fully saturated rings. The van der Waals surface area contributed by atoms with Gasteiger partial charge in [-0.05, 0) is 48.8 Å². The molecule has 172 valence electrons. The van der Waals surface area contributed by atoms with E-state index in [2.05, 4.69) is 98.5 Å². The van der Waals surface area contributed by atoms with Crippen LogP contribution in [0.4, 0.5) is 17.1 Å². The summed E-state index contributed by atoms with van der Waals surface area (Å²) in [7, 11) is 0. The molecule has 0 aromatic heterocycles. The first kappa shape index (κ1) is 23.5. The summed E-state index contributed by atoms with van der Waals surface area (Å²) in [6, 6.07) is 18.8. The van der Waals surface area contributed by atoms with Crippen LogP contribution in [0.15, 0.2) is 54.6 Å². The Kier molecular flexibility index (Phi) is 6.00. The number of para-hydroxylation sites is 1. The number of benzene rings is 3. The predicted octanol–water partition coefficient (Wildman–Crippen LogP) is 5.66. The molecule has 6 heteroatoms. The topological polar surface area (TPSA) is 6.48 Å². The minimum Gasteiger partial charge on any atom is -0.308 e. The van der Waals surface area contributed by atoms with Gasteiger partial charge in [-0.2, -0.15) is 0 Å². The zero-order chi connectivity index (χ0) is 23.5. The molecule has 0 saturated carbocycles. The molecule has 0 N–H and O–H groups in total. The van der Waals surface area contributed by atoms with Crippen molar-refractivity contribution in [1.82, 2.24) is 4.67 Å². The van der Waals surface area contributed by atoms with Crippen LogP contribution < -0.4 is 26.1 Å². The molecule has 2 aliphatic heterocycles. The van der Waals surface area contributed by atoms with Gasteiger partial charge in [-0.3, -0.25) is 4.67 Å². The van der Waals surface area contributed by atoms with E-state index in [1.54, 1.807) is 0 Å². The van der Waals surface area contributed by atoms with Crippen LogP contribution in [0, 0.1) is 0 Å². The molecule has 2 unspecified atom stereocenters. The van der Waals surface area contributed by atoms with E-state index in [1.165, 1.54) is 49.4 Å². The smallest absolute Gasteiger partial charge is 0.0751 e. The Morgan fingerprint density at radius 1 is 0.727 bits per heavy atom. The van der Waals surface area contributed by atoms with E-state index in [0.717, 1.165) is 25.9 Å². The van der Waals surface area contributed by atoms with Crippen molar-refractivity contribution in [3.63, 3.8) is 0 Å². The molecule has 0 bridgehead atoms. The lowest BCUT2D eigenvalue weighted by Gasteiger charge is -2.48. The van der Waals surface area contributed by atoms with E-state index < -0.39 is 12.2 Å². The Morgan fingerprint density at radius 3 is 1.85 bits per heavy atom. The molecule has 2 aliphatic rings. The Bertz CT molecular complexity index is 1360. The third-order valence-electron chi connectivity index (χ3n) is 7.30. The number of hydrogen-bond donors (Lipinski definition) is 0. The van der Waals surface area contributed by atoms with Crippen LogP contribution in [-0.4, -0.2) is 24.4 Å². The van der Waals surface area contributed by atoms with Gasteiger partial charge in [0, 0.05) is 40.3 Å². The van der Waals surface area contributed by atoms with E-state index >= 15 is 0 Å². The Hall–Kier alpha value is -1.28. The number of nitrogens with zero attached hydrogens (tertiary/aromatic N) is 2. The average Bonchev–Trinajstić information content (AvgIpc) is 2.83. The quantitative estimate of drug-likeness (QED) is 0.409. The first-order chi connectivity index (χ1) is 15.8. The van der Waals surface area contributed by atoms with Crippen molar-refractivity contribution >= 4 is 74.1 Å². The predicted molar refractivity (Wildman–Crippen MR) is 156 cm³/mol. The highest BCUT2D eigenvalue weighted by Gasteiger charge is 2.45. The molecule has 5 rings (SSSR count). The fourth-order valence-electron chi connectivity index (χ4n) is 5.45. The average molecular weight is 511 g/mol. The number of anilines is 3. The summed E-state index contributed by atoms with van der Waals surface area (Å²) in [5.41, 5.74) is 6.54. The molecule has 2 atom stereocenters. The van der Waals surface area contributed by atoms with Gasteiger partial charge in [-0.1, -0.05) is 87.7 Å². The number of hydrogen-bond acceptors (Lipinski definition) is 3. The lowest BCUT2D eigenvalue weighted by molar-refractivity contribution is 0.513. The van der Waals surface area contributed by atoms with Crippen molar-refractivity contribution in [3.8, 4) is 0 Å². The Morgan fingerprint density at radius 2 is 1.27 bits per heavy atom. The van der Waals surface area contributed by atoms with Gasteiger partial charge in [-0.15, -0.1) is 0 Å². The van der Waals surface area contributed by atoms with Crippen LogP contribution in [0.1, 0.15) is 38.8 Å². The number of rotatable bonds is 5. The summed E-state index contributed by atoms with van der Waals surface area (Å²) >= 11 is 13.2. The molecule has 3 aromatic carbocycles. The van der Waals surface area contributed by atoms with Gasteiger partial charge in [0.2, 0.25) is 0 Å². The summed E-state index contributed by atoms with van der Waals surface area (Å²) in [5, 5.41) is 5.28. The van der Waals surface area contributed by atoms with Crippen molar-refractivity contribution in [3.05, 3.63) is 65.7 Å². The van der Waals surface area contributed by atoms with Crippen LogP contribution in [-0.2, 0) is 36.5 Å². The fraction of sp³-hybridized carbons (Fsp3) is 0.333. The van der Waals surface area contributed by atoms with Gasteiger partial charge < -0.3 is 4.90 Å². The zero-order valence-electron chi connectivity index (χ0n) is 20.1. The van der Waals surface area contributed by atoms with Gasteiger partial charge in [0.25, 0.3) is 0 Å². The summed E-state index contributed by atoms with van der Waals surface area (Å²) in [6.07, 6.45) is -0.141. The second-order valence-electron chi connectivity index (χ2n) is 8.97. The largest absolute Gasteiger partial charge is 0.308 e. The Balaban J connectivity index is 1.96. The molecule has 0 aliphatic carbocycles. The number of aryl methyl sites for hydroxylation is 2. The molecule has 0 saturated heterocycles. The fourth-order valence-corrected chi connectivity index (χ4v) is 13.5. The molecule has 0 radical (unpaired) electrons. The van der Waals surface area contributed by atoms with E-state index in [4.69, 9.17) is 23.6 Å². The maximum atomic E-state index is 6.76. The monoisotopic (exact) mass is 510 g/mol. The van der Waals surface area contributed by atoms with E-state index in [-0.39, 0.29) is 0 Å². The van der Waals surface area contributed by atoms with Crippen LogP contribution in [0.25, 0.3) is 0 Å². The van der Waals surface area contributed by atoms with Gasteiger partial charge in [0.1, 0.15) is 0 Å². The molecule has 0 spiro atoms. The van der Waals surface area contributed by atoms with Gasteiger partial charge >= 0.3 is 0 Å². The minimum atomic E-state index is -2.17. The van der Waals surface area contributed by atoms with Crippen LogP contribution >= 0.6 is 12.2 Å². The molecule has 0 amide bonds. The van der Waals surface area contributed by atoms with Crippen molar-refractivity contribution in [1.29, 1.82) is 0 Å².